The van der Waals surface area contributed by atoms with Crippen molar-refractivity contribution in [3.8, 4) is 0 Å². The molecule has 1 aromatic carbocycles. The molecule has 2 aliphatic heterocycles. The molecule has 0 radical (unpaired) electrons. The lowest BCUT2D eigenvalue weighted by atomic mass is 9.93. The second-order valence-corrected chi connectivity index (χ2v) is 7.14. The molecule has 1 amide bonds. The molecule has 2 aromatic rings. The molecular weight excluding hydrogens is 330 g/mol. The van der Waals surface area contributed by atoms with Gasteiger partial charge in [0.15, 0.2) is 0 Å². The molecule has 0 bridgehead atoms. The fourth-order valence-corrected chi connectivity index (χ4v) is 4.26. The Morgan fingerprint density at radius 2 is 1.92 bits per heavy atom. The van der Waals surface area contributed by atoms with E-state index in [4.69, 9.17) is 0 Å². The van der Waals surface area contributed by atoms with Crippen molar-refractivity contribution in [1.29, 1.82) is 0 Å². The number of para-hydroxylation sites is 1. The first kappa shape index (κ1) is 17.0. The molecule has 4 rings (SSSR count). The van der Waals surface area contributed by atoms with E-state index in [0.29, 0.717) is 6.54 Å². The SMILES string of the molecule is CCn1c(C2CCN(C3CCc4ccccc4NC3=O)CC2)n[nH]c1=O. The fourth-order valence-electron chi connectivity index (χ4n) is 4.26. The summed E-state index contributed by atoms with van der Waals surface area (Å²) in [6.45, 7) is 4.30. The molecule has 0 saturated carbocycles. The zero-order valence-electron chi connectivity index (χ0n) is 15.1. The number of piperidine rings is 1. The van der Waals surface area contributed by atoms with Gasteiger partial charge in [0, 0.05) is 18.2 Å². The number of aryl methyl sites for hydroxylation is 1. The normalized spacial score (nSPS) is 21.9. The third-order valence-electron chi connectivity index (χ3n) is 5.70. The summed E-state index contributed by atoms with van der Waals surface area (Å²) in [7, 11) is 0. The molecule has 2 N–H and O–H groups in total. The van der Waals surface area contributed by atoms with Gasteiger partial charge in [0.2, 0.25) is 5.91 Å². The monoisotopic (exact) mass is 355 g/mol. The van der Waals surface area contributed by atoms with Gasteiger partial charge in [-0.3, -0.25) is 14.3 Å². The Labute approximate surface area is 152 Å². The predicted octanol–water partition coefficient (Wildman–Crippen LogP) is 1.72. The second-order valence-electron chi connectivity index (χ2n) is 7.14. The minimum absolute atomic E-state index is 0.0871. The van der Waals surface area contributed by atoms with E-state index in [-0.39, 0.29) is 23.6 Å². The van der Waals surface area contributed by atoms with Crippen LogP contribution in [0.5, 0.6) is 0 Å². The minimum Gasteiger partial charge on any atom is -0.324 e. The number of benzene rings is 1. The Morgan fingerprint density at radius 1 is 1.15 bits per heavy atom. The van der Waals surface area contributed by atoms with Gasteiger partial charge in [-0.05, 0) is 57.3 Å². The third kappa shape index (κ3) is 3.07. The van der Waals surface area contributed by atoms with Crippen molar-refractivity contribution in [3.63, 3.8) is 0 Å². The number of carbonyl (C=O) groups is 1. The molecular formula is C19H25N5O2. The number of amides is 1. The van der Waals surface area contributed by atoms with Gasteiger partial charge in [-0.15, -0.1) is 0 Å². The highest BCUT2D eigenvalue weighted by Gasteiger charge is 2.33. The third-order valence-corrected chi connectivity index (χ3v) is 5.70. The zero-order valence-corrected chi connectivity index (χ0v) is 15.1. The highest BCUT2D eigenvalue weighted by atomic mass is 16.2. The van der Waals surface area contributed by atoms with Crippen LogP contribution in [-0.2, 0) is 17.8 Å². The molecule has 1 fully saturated rings. The van der Waals surface area contributed by atoms with Crippen molar-refractivity contribution in [3.05, 3.63) is 46.1 Å². The summed E-state index contributed by atoms with van der Waals surface area (Å²) in [6, 6.07) is 7.96. The first-order valence-corrected chi connectivity index (χ1v) is 9.45. The number of fused-ring (bicyclic) bond motifs is 1. The smallest absolute Gasteiger partial charge is 0.324 e. The summed E-state index contributed by atoms with van der Waals surface area (Å²) in [4.78, 5) is 26.8. The maximum atomic E-state index is 12.7. The Morgan fingerprint density at radius 3 is 2.69 bits per heavy atom. The fraction of sp³-hybridized carbons (Fsp3) is 0.526. The summed E-state index contributed by atoms with van der Waals surface area (Å²) in [5, 5.41) is 9.89. The van der Waals surface area contributed by atoms with Gasteiger partial charge in [-0.1, -0.05) is 18.2 Å². The average molecular weight is 355 g/mol. The lowest BCUT2D eigenvalue weighted by molar-refractivity contribution is -0.121. The quantitative estimate of drug-likeness (QED) is 0.878. The predicted molar refractivity (Wildman–Crippen MR) is 99.3 cm³/mol. The van der Waals surface area contributed by atoms with Crippen LogP contribution in [-0.4, -0.2) is 44.7 Å². The van der Waals surface area contributed by atoms with E-state index < -0.39 is 0 Å². The molecule has 0 aliphatic carbocycles. The van der Waals surface area contributed by atoms with Crippen LogP contribution < -0.4 is 11.0 Å². The molecule has 1 unspecified atom stereocenters. The zero-order chi connectivity index (χ0) is 18.1. The maximum absolute atomic E-state index is 12.7. The van der Waals surface area contributed by atoms with Gasteiger partial charge in [0.1, 0.15) is 5.82 Å². The van der Waals surface area contributed by atoms with Crippen molar-refractivity contribution in [1.82, 2.24) is 19.7 Å². The molecule has 26 heavy (non-hydrogen) atoms. The lowest BCUT2D eigenvalue weighted by Gasteiger charge is -2.36. The molecule has 7 nitrogen and oxygen atoms in total. The number of aromatic amines is 1. The largest absolute Gasteiger partial charge is 0.343 e. The number of likely N-dealkylation sites (tertiary alicyclic amines) is 1. The Kier molecular flexibility index (Phi) is 4.63. The van der Waals surface area contributed by atoms with Crippen molar-refractivity contribution in [2.24, 2.45) is 0 Å². The number of rotatable bonds is 3. The van der Waals surface area contributed by atoms with Crippen LogP contribution in [0.2, 0.25) is 0 Å². The number of H-pyrrole nitrogens is 1. The number of carbonyl (C=O) groups excluding carboxylic acids is 1. The highest BCUT2D eigenvalue weighted by Crippen LogP contribution is 2.30. The van der Waals surface area contributed by atoms with Crippen LogP contribution in [0.15, 0.2) is 29.1 Å². The van der Waals surface area contributed by atoms with Crippen molar-refractivity contribution >= 4 is 11.6 Å². The topological polar surface area (TPSA) is 83.0 Å². The maximum Gasteiger partial charge on any atom is 0.343 e. The van der Waals surface area contributed by atoms with Crippen LogP contribution in [0.25, 0.3) is 0 Å². The van der Waals surface area contributed by atoms with Crippen molar-refractivity contribution < 1.29 is 4.79 Å². The van der Waals surface area contributed by atoms with E-state index >= 15 is 0 Å². The van der Waals surface area contributed by atoms with Gasteiger partial charge < -0.3 is 5.32 Å². The molecule has 3 heterocycles. The van der Waals surface area contributed by atoms with Crippen LogP contribution in [0.4, 0.5) is 5.69 Å². The Bertz CT molecular complexity index is 848. The second kappa shape index (κ2) is 7.07. The molecule has 2 aliphatic rings. The van der Waals surface area contributed by atoms with Crippen LogP contribution in [0, 0.1) is 0 Å². The summed E-state index contributed by atoms with van der Waals surface area (Å²) >= 11 is 0. The van der Waals surface area contributed by atoms with E-state index in [1.807, 2.05) is 25.1 Å². The standard InChI is InChI=1S/C19H25N5O2/c1-2-24-17(21-22-19(24)26)14-9-11-23(12-10-14)16-8-7-13-5-3-4-6-15(13)20-18(16)25/h3-6,14,16H,2,7-12H2,1H3,(H,20,25)(H,22,26). The Hall–Kier alpha value is -2.41. The number of nitrogens with zero attached hydrogens (tertiary/aromatic N) is 3. The van der Waals surface area contributed by atoms with Gasteiger partial charge in [-0.25, -0.2) is 9.89 Å². The van der Waals surface area contributed by atoms with Gasteiger partial charge in [0.05, 0.1) is 6.04 Å². The van der Waals surface area contributed by atoms with E-state index in [2.05, 4.69) is 26.5 Å². The van der Waals surface area contributed by atoms with E-state index in [0.717, 1.165) is 50.3 Å². The summed E-state index contributed by atoms with van der Waals surface area (Å²) in [6.07, 6.45) is 3.59. The molecule has 138 valence electrons. The van der Waals surface area contributed by atoms with Gasteiger partial charge in [0.25, 0.3) is 0 Å². The molecule has 1 atom stereocenters. The summed E-state index contributed by atoms with van der Waals surface area (Å²) < 4.78 is 1.72. The average Bonchev–Trinajstić information content (AvgIpc) is 2.95. The van der Waals surface area contributed by atoms with E-state index in [9.17, 15) is 9.59 Å². The summed E-state index contributed by atoms with van der Waals surface area (Å²) in [5.74, 6) is 1.23. The first-order valence-electron chi connectivity index (χ1n) is 9.45. The lowest BCUT2D eigenvalue weighted by Crippen LogP contribution is -2.47. The number of hydrogen-bond acceptors (Lipinski definition) is 4. The molecule has 7 heteroatoms. The van der Waals surface area contributed by atoms with E-state index in [1.165, 1.54) is 5.56 Å². The minimum atomic E-state index is -0.133. The molecule has 1 aromatic heterocycles. The molecule has 0 spiro atoms. The van der Waals surface area contributed by atoms with Crippen LogP contribution >= 0.6 is 0 Å². The number of hydrogen-bond donors (Lipinski definition) is 2. The Balaban J connectivity index is 1.43. The number of nitrogens with one attached hydrogen (secondary N) is 2. The summed E-state index contributed by atoms with van der Waals surface area (Å²) in [5.41, 5.74) is 2.02. The number of anilines is 1. The van der Waals surface area contributed by atoms with Gasteiger partial charge >= 0.3 is 5.69 Å². The first-order chi connectivity index (χ1) is 12.7. The van der Waals surface area contributed by atoms with Gasteiger partial charge in [-0.2, -0.15) is 5.10 Å². The van der Waals surface area contributed by atoms with Crippen molar-refractivity contribution in [2.75, 3.05) is 18.4 Å². The highest BCUT2D eigenvalue weighted by molar-refractivity contribution is 5.96. The number of aromatic nitrogens is 3. The van der Waals surface area contributed by atoms with Crippen molar-refractivity contribution in [2.45, 2.75) is 51.1 Å². The van der Waals surface area contributed by atoms with Crippen LogP contribution in [0.3, 0.4) is 0 Å². The van der Waals surface area contributed by atoms with E-state index in [1.54, 1.807) is 4.57 Å². The molecule has 1 saturated heterocycles. The van der Waals surface area contributed by atoms with Crippen LogP contribution in [0.1, 0.15) is 43.5 Å².